The first-order valence-corrected chi connectivity index (χ1v) is 10.0. The number of rotatable bonds is 6. The molecule has 9 nitrogen and oxygen atoms in total. The third kappa shape index (κ3) is 4.64. The number of sulfone groups is 1. The Bertz CT molecular complexity index is 931. The lowest BCUT2D eigenvalue weighted by Crippen LogP contribution is -2.36. The van der Waals surface area contributed by atoms with Gasteiger partial charge in [0.1, 0.15) is 11.5 Å². The van der Waals surface area contributed by atoms with Crippen LogP contribution >= 0.6 is 0 Å². The summed E-state index contributed by atoms with van der Waals surface area (Å²) in [4.78, 5) is 20.4. The molecule has 0 aliphatic carbocycles. The summed E-state index contributed by atoms with van der Waals surface area (Å²) in [6.45, 7) is 0. The summed E-state index contributed by atoms with van der Waals surface area (Å²) in [6.07, 6.45) is 3.18. The number of hydrogen-bond acceptors (Lipinski definition) is 8. The van der Waals surface area contributed by atoms with Crippen LogP contribution in [0.3, 0.4) is 0 Å². The van der Waals surface area contributed by atoms with Gasteiger partial charge in [-0.2, -0.15) is 0 Å². The van der Waals surface area contributed by atoms with Crippen molar-refractivity contribution in [3.63, 3.8) is 0 Å². The third-order valence-corrected chi connectivity index (χ3v) is 5.88. The molecule has 0 radical (unpaired) electrons. The maximum absolute atomic E-state index is 12.2. The molecule has 1 unspecified atom stereocenters. The fourth-order valence-corrected chi connectivity index (χ4v) is 4.41. The van der Waals surface area contributed by atoms with E-state index in [4.69, 9.17) is 9.47 Å². The van der Waals surface area contributed by atoms with E-state index >= 15 is 0 Å². The number of amides is 1. The molecule has 27 heavy (non-hydrogen) atoms. The van der Waals surface area contributed by atoms with Crippen molar-refractivity contribution in [2.24, 2.45) is 0 Å². The number of anilines is 2. The van der Waals surface area contributed by atoms with Crippen LogP contribution in [0, 0.1) is 0 Å². The van der Waals surface area contributed by atoms with Gasteiger partial charge in [-0.3, -0.25) is 4.79 Å². The SMILES string of the molecule is COc1ccc(Nc2cnc(C(=O)NC3CCS(=O)(=O)C3)cn2)cc1OC. The molecule has 2 N–H and O–H groups in total. The van der Waals surface area contributed by atoms with Gasteiger partial charge in [-0.1, -0.05) is 0 Å². The van der Waals surface area contributed by atoms with Crippen molar-refractivity contribution < 1.29 is 22.7 Å². The predicted octanol–water partition coefficient (Wildman–Crippen LogP) is 1.15. The van der Waals surface area contributed by atoms with Crippen LogP contribution in [-0.2, 0) is 9.84 Å². The van der Waals surface area contributed by atoms with Crippen LogP contribution in [0.4, 0.5) is 11.5 Å². The van der Waals surface area contributed by atoms with Crippen molar-refractivity contribution in [3.05, 3.63) is 36.3 Å². The van der Waals surface area contributed by atoms with Crippen LogP contribution in [-0.4, -0.2) is 56.1 Å². The smallest absolute Gasteiger partial charge is 0.271 e. The molecule has 2 aromatic rings. The standard InChI is InChI=1S/C17H20N4O5S/c1-25-14-4-3-11(7-15(14)26-2)20-16-9-18-13(8-19-16)17(22)21-12-5-6-27(23,24)10-12/h3-4,7-9,12H,5-6,10H2,1-2H3,(H,19,20)(H,21,22). The van der Waals surface area contributed by atoms with Crippen molar-refractivity contribution in [1.29, 1.82) is 0 Å². The van der Waals surface area contributed by atoms with Crippen molar-refractivity contribution in [3.8, 4) is 11.5 Å². The van der Waals surface area contributed by atoms with Gasteiger partial charge >= 0.3 is 0 Å². The number of carbonyl (C=O) groups excluding carboxylic acids is 1. The highest BCUT2D eigenvalue weighted by Gasteiger charge is 2.29. The van der Waals surface area contributed by atoms with Gasteiger partial charge < -0.3 is 20.1 Å². The molecule has 2 heterocycles. The molecule has 1 amide bonds. The minimum Gasteiger partial charge on any atom is -0.493 e. The third-order valence-electron chi connectivity index (χ3n) is 4.11. The average Bonchev–Trinajstić information content (AvgIpc) is 3.00. The van der Waals surface area contributed by atoms with Gasteiger partial charge in [-0.25, -0.2) is 18.4 Å². The molecular weight excluding hydrogens is 372 g/mol. The zero-order valence-electron chi connectivity index (χ0n) is 14.9. The van der Waals surface area contributed by atoms with Gasteiger partial charge in [0, 0.05) is 17.8 Å². The molecule has 3 rings (SSSR count). The summed E-state index contributed by atoms with van der Waals surface area (Å²) in [6, 6.07) is 4.92. The first-order valence-electron chi connectivity index (χ1n) is 8.22. The summed E-state index contributed by atoms with van der Waals surface area (Å²) in [5.41, 5.74) is 0.840. The van der Waals surface area contributed by atoms with Gasteiger partial charge in [-0.15, -0.1) is 0 Å². The van der Waals surface area contributed by atoms with Gasteiger partial charge in [0.15, 0.2) is 21.3 Å². The highest BCUT2D eigenvalue weighted by atomic mass is 32.2. The quantitative estimate of drug-likeness (QED) is 0.751. The molecule has 1 aromatic carbocycles. The highest BCUT2D eigenvalue weighted by Crippen LogP contribution is 2.30. The number of aromatic nitrogens is 2. The molecule has 1 fully saturated rings. The van der Waals surface area contributed by atoms with Gasteiger partial charge in [0.05, 0.1) is 38.1 Å². The van der Waals surface area contributed by atoms with Crippen LogP contribution in [0.1, 0.15) is 16.9 Å². The molecule has 0 spiro atoms. The molecular formula is C17H20N4O5S. The van der Waals surface area contributed by atoms with Crippen molar-refractivity contribution in [2.75, 3.05) is 31.0 Å². The van der Waals surface area contributed by atoms with Gasteiger partial charge in [0.25, 0.3) is 5.91 Å². The van der Waals surface area contributed by atoms with Crippen LogP contribution in [0.15, 0.2) is 30.6 Å². The van der Waals surface area contributed by atoms with E-state index in [0.29, 0.717) is 23.7 Å². The zero-order valence-corrected chi connectivity index (χ0v) is 15.7. The molecule has 1 aliphatic rings. The molecule has 1 saturated heterocycles. The maximum atomic E-state index is 12.2. The summed E-state index contributed by atoms with van der Waals surface area (Å²) in [5.74, 6) is 1.24. The first kappa shape index (κ1) is 18.9. The number of methoxy groups -OCH3 is 2. The zero-order chi connectivity index (χ0) is 19.4. The molecule has 144 valence electrons. The number of nitrogens with one attached hydrogen (secondary N) is 2. The number of carbonyl (C=O) groups is 1. The number of hydrogen-bond donors (Lipinski definition) is 2. The summed E-state index contributed by atoms with van der Waals surface area (Å²) < 4.78 is 33.4. The lowest BCUT2D eigenvalue weighted by molar-refractivity contribution is 0.0935. The van der Waals surface area contributed by atoms with Crippen molar-refractivity contribution in [2.45, 2.75) is 12.5 Å². The Morgan fingerprint density at radius 3 is 2.52 bits per heavy atom. The topological polar surface area (TPSA) is 120 Å². The lowest BCUT2D eigenvalue weighted by atomic mass is 10.2. The molecule has 1 aliphatic heterocycles. The van der Waals surface area contributed by atoms with Crippen molar-refractivity contribution in [1.82, 2.24) is 15.3 Å². The van der Waals surface area contributed by atoms with E-state index in [1.807, 2.05) is 0 Å². The van der Waals surface area contributed by atoms with Gasteiger partial charge in [-0.05, 0) is 18.6 Å². The fourth-order valence-electron chi connectivity index (χ4n) is 2.74. The van der Waals surface area contributed by atoms with E-state index in [9.17, 15) is 13.2 Å². The first-order chi connectivity index (χ1) is 12.9. The second kappa shape index (κ2) is 7.78. The summed E-state index contributed by atoms with van der Waals surface area (Å²) in [7, 11) is 0.0474. The Morgan fingerprint density at radius 1 is 1.15 bits per heavy atom. The second-order valence-electron chi connectivity index (χ2n) is 6.06. The number of ether oxygens (including phenoxy) is 2. The normalized spacial score (nSPS) is 17.9. The van der Waals surface area contributed by atoms with Crippen LogP contribution < -0.4 is 20.1 Å². The molecule has 10 heteroatoms. The van der Waals surface area contributed by atoms with E-state index in [1.54, 1.807) is 32.4 Å². The largest absolute Gasteiger partial charge is 0.493 e. The fraction of sp³-hybridized carbons (Fsp3) is 0.353. The van der Waals surface area contributed by atoms with E-state index in [0.717, 1.165) is 5.69 Å². The number of benzene rings is 1. The molecule has 0 saturated carbocycles. The summed E-state index contributed by atoms with van der Waals surface area (Å²) in [5, 5.41) is 5.74. The van der Waals surface area contributed by atoms with E-state index in [2.05, 4.69) is 20.6 Å². The van der Waals surface area contributed by atoms with Crippen LogP contribution in [0.25, 0.3) is 0 Å². The minimum absolute atomic E-state index is 0.0366. The van der Waals surface area contributed by atoms with Crippen LogP contribution in [0.5, 0.6) is 11.5 Å². The minimum atomic E-state index is -3.06. The number of nitrogens with zero attached hydrogens (tertiary/aromatic N) is 2. The Balaban J connectivity index is 1.64. The van der Waals surface area contributed by atoms with Gasteiger partial charge in [0.2, 0.25) is 0 Å². The van der Waals surface area contributed by atoms with E-state index in [1.165, 1.54) is 12.4 Å². The monoisotopic (exact) mass is 392 g/mol. The second-order valence-corrected chi connectivity index (χ2v) is 8.28. The Labute approximate surface area is 157 Å². The summed E-state index contributed by atoms with van der Waals surface area (Å²) >= 11 is 0. The average molecular weight is 392 g/mol. The van der Waals surface area contributed by atoms with Crippen molar-refractivity contribution >= 4 is 27.2 Å². The molecule has 0 bridgehead atoms. The Kier molecular flexibility index (Phi) is 5.45. The Hall–Kier alpha value is -2.88. The maximum Gasteiger partial charge on any atom is 0.271 e. The molecule has 1 aromatic heterocycles. The van der Waals surface area contributed by atoms with Crippen LogP contribution in [0.2, 0.25) is 0 Å². The Morgan fingerprint density at radius 2 is 1.93 bits per heavy atom. The lowest BCUT2D eigenvalue weighted by Gasteiger charge is -2.12. The van der Waals surface area contributed by atoms with E-state index in [-0.39, 0.29) is 23.2 Å². The van der Waals surface area contributed by atoms with E-state index < -0.39 is 15.7 Å². The highest BCUT2D eigenvalue weighted by molar-refractivity contribution is 7.91. The molecule has 1 atom stereocenters. The predicted molar refractivity (Wildman–Crippen MR) is 99.4 cm³/mol.